The van der Waals surface area contributed by atoms with Crippen LogP contribution in [0, 0.1) is 6.92 Å². The van der Waals surface area contributed by atoms with Crippen LogP contribution in [0.5, 0.6) is 0 Å². The molecule has 1 aromatic rings. The number of aryl methyl sites for hydroxylation is 1. The first-order chi connectivity index (χ1) is 10.7. The average Bonchev–Trinajstić information content (AvgIpc) is 2.89. The van der Waals surface area contributed by atoms with Crippen molar-refractivity contribution in [1.29, 1.82) is 0 Å². The predicted octanol–water partition coefficient (Wildman–Crippen LogP) is 1.36. The van der Waals surface area contributed by atoms with E-state index < -0.39 is 5.60 Å². The number of rotatable bonds is 2. The molecule has 2 rings (SSSR count). The minimum Gasteiger partial charge on any atom is -0.444 e. The number of nitrogens with zero attached hydrogens (tertiary/aromatic N) is 5. The number of hydrogen-bond acceptors (Lipinski definition) is 6. The number of amides is 1. The number of ether oxygens (including phenoxy) is 1. The molecule has 136 valence electrons. The monoisotopic (exact) mass is 452 g/mol. The van der Waals surface area contributed by atoms with Crippen molar-refractivity contribution in [1.82, 2.24) is 19.9 Å². The Bertz CT molecular complexity index is 575. The Morgan fingerprint density at radius 3 is 2.38 bits per heavy atom. The second kappa shape index (κ2) is 8.49. The number of halogens is 1. The van der Waals surface area contributed by atoms with Gasteiger partial charge >= 0.3 is 6.09 Å². The number of nitrogens with two attached hydrogens (primary N) is 1. The van der Waals surface area contributed by atoms with Gasteiger partial charge in [0.1, 0.15) is 12.1 Å². The van der Waals surface area contributed by atoms with Gasteiger partial charge in [0.15, 0.2) is 11.8 Å². The van der Waals surface area contributed by atoms with E-state index >= 15 is 0 Å². The Morgan fingerprint density at radius 2 is 1.88 bits per heavy atom. The number of piperazine rings is 1. The molecule has 1 aromatic heterocycles. The van der Waals surface area contributed by atoms with E-state index in [1.54, 1.807) is 11.8 Å². The van der Waals surface area contributed by atoms with Crippen LogP contribution in [0.1, 0.15) is 32.5 Å². The fraction of sp³-hybridized carbons (Fsp3) is 0.714. The third-order valence-electron chi connectivity index (χ3n) is 3.20. The maximum atomic E-state index is 12.0. The third-order valence-corrected chi connectivity index (χ3v) is 3.20. The Labute approximate surface area is 158 Å². The zero-order valence-electron chi connectivity index (χ0n) is 14.5. The molecule has 1 aliphatic rings. The number of guanidine groups is 1. The molecule has 0 bridgehead atoms. The highest BCUT2D eigenvalue weighted by Crippen LogP contribution is 2.12. The fourth-order valence-corrected chi connectivity index (χ4v) is 2.10. The van der Waals surface area contributed by atoms with Crippen LogP contribution in [-0.4, -0.2) is 63.8 Å². The second-order valence-electron chi connectivity index (χ2n) is 6.36. The van der Waals surface area contributed by atoms with Crippen molar-refractivity contribution < 1.29 is 14.1 Å². The summed E-state index contributed by atoms with van der Waals surface area (Å²) in [4.78, 5) is 23.9. The van der Waals surface area contributed by atoms with Crippen molar-refractivity contribution >= 4 is 36.0 Å². The van der Waals surface area contributed by atoms with E-state index in [-0.39, 0.29) is 36.6 Å². The van der Waals surface area contributed by atoms with Gasteiger partial charge in [0.2, 0.25) is 5.89 Å². The van der Waals surface area contributed by atoms with Gasteiger partial charge in [-0.05, 0) is 27.7 Å². The maximum Gasteiger partial charge on any atom is 0.410 e. The minimum atomic E-state index is -0.489. The van der Waals surface area contributed by atoms with E-state index in [1.165, 1.54) is 0 Å². The highest BCUT2D eigenvalue weighted by molar-refractivity contribution is 14.0. The molecular weight excluding hydrogens is 427 g/mol. The van der Waals surface area contributed by atoms with Crippen LogP contribution in [0.4, 0.5) is 4.79 Å². The highest BCUT2D eigenvalue weighted by Gasteiger charge is 2.26. The molecule has 0 radical (unpaired) electrons. The molecule has 1 aliphatic heterocycles. The van der Waals surface area contributed by atoms with E-state index in [2.05, 4.69) is 15.1 Å². The summed E-state index contributed by atoms with van der Waals surface area (Å²) >= 11 is 0. The van der Waals surface area contributed by atoms with Gasteiger partial charge in [-0.2, -0.15) is 4.98 Å². The molecular formula is C14H25IN6O3. The highest BCUT2D eigenvalue weighted by atomic mass is 127. The van der Waals surface area contributed by atoms with Crippen molar-refractivity contribution in [2.24, 2.45) is 10.7 Å². The zero-order chi connectivity index (χ0) is 17.0. The fourth-order valence-electron chi connectivity index (χ4n) is 2.10. The molecule has 0 aromatic carbocycles. The zero-order valence-corrected chi connectivity index (χ0v) is 16.8. The van der Waals surface area contributed by atoms with E-state index in [9.17, 15) is 4.79 Å². The van der Waals surface area contributed by atoms with E-state index in [1.807, 2.05) is 25.7 Å². The van der Waals surface area contributed by atoms with Gasteiger partial charge in [0.05, 0.1) is 0 Å². The molecule has 9 nitrogen and oxygen atoms in total. The van der Waals surface area contributed by atoms with Crippen LogP contribution in [-0.2, 0) is 11.3 Å². The molecule has 0 saturated carbocycles. The molecule has 1 amide bonds. The summed E-state index contributed by atoms with van der Waals surface area (Å²) in [6.07, 6.45) is -0.297. The van der Waals surface area contributed by atoms with Crippen LogP contribution in [0.2, 0.25) is 0 Å². The van der Waals surface area contributed by atoms with Crippen LogP contribution in [0.25, 0.3) is 0 Å². The molecule has 0 spiro atoms. The van der Waals surface area contributed by atoms with E-state index in [0.29, 0.717) is 43.9 Å². The molecule has 2 N–H and O–H groups in total. The molecule has 1 saturated heterocycles. The van der Waals surface area contributed by atoms with Crippen molar-refractivity contribution in [2.75, 3.05) is 26.2 Å². The lowest BCUT2D eigenvalue weighted by atomic mass is 10.2. The average molecular weight is 452 g/mol. The first-order valence-electron chi connectivity index (χ1n) is 7.56. The van der Waals surface area contributed by atoms with E-state index in [0.717, 1.165) is 0 Å². The third kappa shape index (κ3) is 6.13. The predicted molar refractivity (Wildman–Crippen MR) is 99.2 cm³/mol. The molecule has 0 atom stereocenters. The lowest BCUT2D eigenvalue weighted by Crippen LogP contribution is -2.53. The first kappa shape index (κ1) is 20.5. The Hall–Kier alpha value is -1.59. The quantitative estimate of drug-likeness (QED) is 0.410. The molecule has 0 unspecified atom stereocenters. The number of hydrogen-bond donors (Lipinski definition) is 1. The largest absolute Gasteiger partial charge is 0.444 e. The van der Waals surface area contributed by atoms with Gasteiger partial charge in [0.25, 0.3) is 0 Å². The van der Waals surface area contributed by atoms with E-state index in [4.69, 9.17) is 15.0 Å². The summed E-state index contributed by atoms with van der Waals surface area (Å²) in [5, 5.41) is 3.70. The van der Waals surface area contributed by atoms with Crippen LogP contribution in [0.3, 0.4) is 0 Å². The van der Waals surface area contributed by atoms with Crippen LogP contribution in [0.15, 0.2) is 9.52 Å². The van der Waals surface area contributed by atoms with Crippen LogP contribution >= 0.6 is 24.0 Å². The molecule has 24 heavy (non-hydrogen) atoms. The van der Waals surface area contributed by atoms with Gasteiger partial charge in [-0.25, -0.2) is 9.79 Å². The molecule has 0 aliphatic carbocycles. The number of carbonyl (C=O) groups is 1. The van der Waals surface area contributed by atoms with Gasteiger partial charge in [0, 0.05) is 26.2 Å². The summed E-state index contributed by atoms with van der Waals surface area (Å²) in [6, 6.07) is 0. The molecule has 2 heterocycles. The van der Waals surface area contributed by atoms with Gasteiger partial charge in [-0.1, -0.05) is 5.16 Å². The normalized spacial score (nSPS) is 15.9. The second-order valence-corrected chi connectivity index (χ2v) is 6.36. The standard InChI is InChI=1S/C14H24N6O3.HI/c1-10-17-11(23-18-10)9-16-12(15)19-5-7-20(8-6-19)13(21)22-14(2,3)4;/h5-9H2,1-4H3,(H2,15,16);1H. The summed E-state index contributed by atoms with van der Waals surface area (Å²) in [6.45, 7) is 9.86. The molecule has 1 fully saturated rings. The Morgan fingerprint density at radius 1 is 1.29 bits per heavy atom. The number of aliphatic imine (C=N–C) groups is 1. The van der Waals surface area contributed by atoms with Crippen molar-refractivity contribution in [3.63, 3.8) is 0 Å². The SMILES string of the molecule is Cc1noc(CN=C(N)N2CCN(C(=O)OC(C)(C)C)CC2)n1.I. The summed E-state index contributed by atoms with van der Waals surface area (Å²) in [5.74, 6) is 1.40. The van der Waals surface area contributed by atoms with Crippen molar-refractivity contribution in [3.05, 3.63) is 11.7 Å². The first-order valence-corrected chi connectivity index (χ1v) is 7.56. The van der Waals surface area contributed by atoms with Gasteiger partial charge < -0.3 is 24.8 Å². The van der Waals surface area contributed by atoms with Crippen molar-refractivity contribution in [3.8, 4) is 0 Å². The maximum absolute atomic E-state index is 12.0. The lowest BCUT2D eigenvalue weighted by Gasteiger charge is -2.36. The topological polar surface area (TPSA) is 110 Å². The summed E-state index contributed by atoms with van der Waals surface area (Å²) in [5.41, 5.74) is 5.49. The van der Waals surface area contributed by atoms with Gasteiger partial charge in [-0.3, -0.25) is 0 Å². The summed E-state index contributed by atoms with van der Waals surface area (Å²) < 4.78 is 10.3. The Balaban J connectivity index is 0.00000288. The minimum absolute atomic E-state index is 0. The van der Waals surface area contributed by atoms with Crippen LogP contribution < -0.4 is 5.73 Å². The Kier molecular flexibility index (Phi) is 7.24. The summed E-state index contributed by atoms with van der Waals surface area (Å²) in [7, 11) is 0. The number of carbonyl (C=O) groups excluding carboxylic acids is 1. The lowest BCUT2D eigenvalue weighted by molar-refractivity contribution is 0.0186. The van der Waals surface area contributed by atoms with Crippen molar-refractivity contribution in [2.45, 2.75) is 39.8 Å². The van der Waals surface area contributed by atoms with Gasteiger partial charge in [-0.15, -0.1) is 24.0 Å². The number of aromatic nitrogens is 2. The smallest absolute Gasteiger partial charge is 0.410 e. The molecule has 10 heteroatoms.